The summed E-state index contributed by atoms with van der Waals surface area (Å²) >= 11 is 3.38. The number of ether oxygens (including phenoxy) is 2. The maximum Gasteiger partial charge on any atom is 0.357 e. The summed E-state index contributed by atoms with van der Waals surface area (Å²) in [7, 11) is 0. The third kappa shape index (κ3) is 3.56. The molecule has 6 nitrogen and oxygen atoms in total. The van der Waals surface area contributed by atoms with Gasteiger partial charge in [-0.1, -0.05) is 22.0 Å². The van der Waals surface area contributed by atoms with Crippen LogP contribution in [0.3, 0.4) is 0 Å². The van der Waals surface area contributed by atoms with E-state index in [1.807, 2.05) is 12.1 Å². The van der Waals surface area contributed by atoms with Crippen LogP contribution in [0.1, 0.15) is 34.7 Å². The second-order valence-electron chi connectivity index (χ2n) is 4.60. The highest BCUT2D eigenvalue weighted by Gasteiger charge is 2.26. The molecule has 1 aromatic heterocycles. The summed E-state index contributed by atoms with van der Waals surface area (Å²) in [6, 6.07) is 7.26. The van der Waals surface area contributed by atoms with Crippen LogP contribution < -0.4 is 5.73 Å². The molecule has 0 saturated heterocycles. The number of esters is 2. The Labute approximate surface area is 142 Å². The summed E-state index contributed by atoms with van der Waals surface area (Å²) in [6.07, 6.45) is 1.49. The molecule has 0 aliphatic heterocycles. The van der Waals surface area contributed by atoms with Crippen molar-refractivity contribution in [3.8, 4) is 5.69 Å². The van der Waals surface area contributed by atoms with Gasteiger partial charge in [0.25, 0.3) is 0 Å². The Morgan fingerprint density at radius 1 is 1.17 bits per heavy atom. The zero-order valence-corrected chi connectivity index (χ0v) is 14.4. The molecule has 0 unspecified atom stereocenters. The van der Waals surface area contributed by atoms with Crippen LogP contribution in [0.5, 0.6) is 0 Å². The SMILES string of the molecule is CCOC(=O)c1cn(-c2cccc(Br)c2)c(C(=O)OCC)c1N. The number of hydrogen-bond donors (Lipinski definition) is 1. The van der Waals surface area contributed by atoms with Crippen LogP contribution in [0.4, 0.5) is 5.69 Å². The molecule has 2 N–H and O–H groups in total. The lowest BCUT2D eigenvalue weighted by Gasteiger charge is -2.09. The number of carbonyl (C=O) groups excluding carboxylic acids is 2. The highest BCUT2D eigenvalue weighted by Crippen LogP contribution is 2.27. The number of benzene rings is 1. The summed E-state index contributed by atoms with van der Waals surface area (Å²) in [5.41, 5.74) is 6.96. The van der Waals surface area contributed by atoms with Gasteiger partial charge in [-0.2, -0.15) is 0 Å². The van der Waals surface area contributed by atoms with Crippen molar-refractivity contribution in [1.82, 2.24) is 4.57 Å². The molecule has 0 aliphatic carbocycles. The molecule has 23 heavy (non-hydrogen) atoms. The van der Waals surface area contributed by atoms with Gasteiger partial charge in [0.05, 0.1) is 18.9 Å². The maximum absolute atomic E-state index is 12.3. The first-order valence-corrected chi connectivity index (χ1v) is 7.89. The van der Waals surface area contributed by atoms with E-state index in [2.05, 4.69) is 15.9 Å². The van der Waals surface area contributed by atoms with E-state index in [0.717, 1.165) is 4.47 Å². The van der Waals surface area contributed by atoms with E-state index in [1.165, 1.54) is 10.8 Å². The van der Waals surface area contributed by atoms with Crippen molar-refractivity contribution in [2.45, 2.75) is 13.8 Å². The largest absolute Gasteiger partial charge is 0.462 e. The molecular formula is C16H17BrN2O4. The number of anilines is 1. The molecule has 1 aromatic carbocycles. The van der Waals surface area contributed by atoms with Crippen LogP contribution in [0.2, 0.25) is 0 Å². The Balaban J connectivity index is 2.61. The summed E-state index contributed by atoms with van der Waals surface area (Å²) in [4.78, 5) is 24.3. The topological polar surface area (TPSA) is 83.5 Å². The molecule has 2 rings (SSSR count). The Morgan fingerprint density at radius 2 is 1.83 bits per heavy atom. The summed E-state index contributed by atoms with van der Waals surface area (Å²) in [6.45, 7) is 3.82. The number of rotatable bonds is 5. The van der Waals surface area contributed by atoms with Crippen molar-refractivity contribution < 1.29 is 19.1 Å². The van der Waals surface area contributed by atoms with Crippen LogP contribution in [-0.4, -0.2) is 29.7 Å². The molecule has 0 saturated carbocycles. The fourth-order valence-electron chi connectivity index (χ4n) is 2.13. The normalized spacial score (nSPS) is 10.4. The second kappa shape index (κ2) is 7.32. The van der Waals surface area contributed by atoms with Crippen molar-refractivity contribution in [1.29, 1.82) is 0 Å². The van der Waals surface area contributed by atoms with Crippen molar-refractivity contribution in [3.05, 3.63) is 46.2 Å². The van der Waals surface area contributed by atoms with E-state index >= 15 is 0 Å². The van der Waals surface area contributed by atoms with Crippen LogP contribution >= 0.6 is 15.9 Å². The van der Waals surface area contributed by atoms with Gasteiger partial charge >= 0.3 is 11.9 Å². The Kier molecular flexibility index (Phi) is 5.44. The van der Waals surface area contributed by atoms with Gasteiger partial charge < -0.3 is 19.8 Å². The quantitative estimate of drug-likeness (QED) is 0.805. The van der Waals surface area contributed by atoms with Gasteiger partial charge in [-0.3, -0.25) is 0 Å². The Hall–Kier alpha value is -2.28. The molecule has 0 amide bonds. The first-order chi connectivity index (χ1) is 11.0. The minimum Gasteiger partial charge on any atom is -0.462 e. The number of nitrogen functional groups attached to an aromatic ring is 1. The third-order valence-electron chi connectivity index (χ3n) is 3.09. The molecule has 0 spiro atoms. The monoisotopic (exact) mass is 380 g/mol. The lowest BCUT2D eigenvalue weighted by molar-refractivity contribution is 0.0516. The predicted molar refractivity (Wildman–Crippen MR) is 89.8 cm³/mol. The van der Waals surface area contributed by atoms with E-state index in [1.54, 1.807) is 26.0 Å². The molecule has 0 radical (unpaired) electrons. The van der Waals surface area contributed by atoms with Crippen molar-refractivity contribution in [3.63, 3.8) is 0 Å². The summed E-state index contributed by atoms with van der Waals surface area (Å²) < 4.78 is 12.4. The zero-order chi connectivity index (χ0) is 17.0. The fourth-order valence-corrected chi connectivity index (χ4v) is 2.52. The highest BCUT2D eigenvalue weighted by molar-refractivity contribution is 9.10. The van der Waals surface area contributed by atoms with Gasteiger partial charge in [0.1, 0.15) is 5.56 Å². The predicted octanol–water partition coefficient (Wildman–Crippen LogP) is 3.18. The van der Waals surface area contributed by atoms with Gasteiger partial charge in [0, 0.05) is 16.4 Å². The van der Waals surface area contributed by atoms with Gasteiger partial charge in [-0.05, 0) is 32.0 Å². The fraction of sp³-hybridized carbons (Fsp3) is 0.250. The number of carbonyl (C=O) groups is 2. The molecule has 0 fully saturated rings. The Morgan fingerprint density at radius 3 is 2.43 bits per heavy atom. The Bertz CT molecular complexity index is 740. The number of halogens is 1. The summed E-state index contributed by atoms with van der Waals surface area (Å²) in [5, 5.41) is 0. The van der Waals surface area contributed by atoms with E-state index in [-0.39, 0.29) is 30.2 Å². The highest BCUT2D eigenvalue weighted by atomic mass is 79.9. The lowest BCUT2D eigenvalue weighted by atomic mass is 10.2. The molecule has 122 valence electrons. The van der Waals surface area contributed by atoms with E-state index in [4.69, 9.17) is 15.2 Å². The average molecular weight is 381 g/mol. The van der Waals surface area contributed by atoms with E-state index in [9.17, 15) is 9.59 Å². The smallest absolute Gasteiger partial charge is 0.357 e. The van der Waals surface area contributed by atoms with Crippen LogP contribution in [0, 0.1) is 0 Å². The van der Waals surface area contributed by atoms with Crippen LogP contribution in [0.15, 0.2) is 34.9 Å². The van der Waals surface area contributed by atoms with Gasteiger partial charge in [-0.15, -0.1) is 0 Å². The van der Waals surface area contributed by atoms with Crippen molar-refractivity contribution in [2.75, 3.05) is 18.9 Å². The van der Waals surface area contributed by atoms with Gasteiger partial charge in [0.15, 0.2) is 5.69 Å². The second-order valence-corrected chi connectivity index (χ2v) is 5.51. The number of aromatic nitrogens is 1. The zero-order valence-electron chi connectivity index (χ0n) is 12.8. The molecule has 7 heteroatoms. The van der Waals surface area contributed by atoms with Crippen molar-refractivity contribution >= 4 is 33.6 Å². The van der Waals surface area contributed by atoms with Crippen LogP contribution in [0.25, 0.3) is 5.69 Å². The van der Waals surface area contributed by atoms with Gasteiger partial charge in [-0.25, -0.2) is 9.59 Å². The number of hydrogen-bond acceptors (Lipinski definition) is 5. The molecule has 0 bridgehead atoms. The molecule has 2 aromatic rings. The third-order valence-corrected chi connectivity index (χ3v) is 3.59. The molecule has 1 heterocycles. The molecular weight excluding hydrogens is 364 g/mol. The number of nitrogens with two attached hydrogens (primary N) is 1. The summed E-state index contributed by atoms with van der Waals surface area (Å²) in [5.74, 6) is -1.18. The standard InChI is InChI=1S/C16H17BrN2O4/c1-3-22-15(20)12-9-19(11-7-5-6-10(17)8-11)14(13(12)18)16(21)23-4-2/h5-9H,3-4,18H2,1-2H3. The average Bonchev–Trinajstić information content (AvgIpc) is 2.85. The van der Waals surface area contributed by atoms with E-state index < -0.39 is 11.9 Å². The first kappa shape index (κ1) is 17.1. The van der Waals surface area contributed by atoms with Gasteiger partial charge in [0.2, 0.25) is 0 Å². The molecule has 0 aliphatic rings. The minimum absolute atomic E-state index is 0.0434. The maximum atomic E-state index is 12.3. The molecule has 0 atom stereocenters. The minimum atomic E-state index is -0.597. The number of nitrogens with zero attached hydrogens (tertiary/aromatic N) is 1. The van der Waals surface area contributed by atoms with Crippen molar-refractivity contribution in [2.24, 2.45) is 0 Å². The lowest BCUT2D eigenvalue weighted by Crippen LogP contribution is -2.13. The first-order valence-electron chi connectivity index (χ1n) is 7.10. The van der Waals surface area contributed by atoms with E-state index in [0.29, 0.717) is 5.69 Å². The van der Waals surface area contributed by atoms with Crippen LogP contribution in [-0.2, 0) is 9.47 Å².